The van der Waals surface area contributed by atoms with Crippen molar-refractivity contribution in [2.45, 2.75) is 19.8 Å². The lowest BCUT2D eigenvalue weighted by molar-refractivity contribution is 0.296. The molecule has 60 valence electrons. The van der Waals surface area contributed by atoms with Gasteiger partial charge in [-0.2, -0.15) is 0 Å². The van der Waals surface area contributed by atoms with Crippen molar-refractivity contribution >= 4 is 0 Å². The van der Waals surface area contributed by atoms with E-state index in [2.05, 4.69) is 0 Å². The van der Waals surface area contributed by atoms with Gasteiger partial charge in [-0.05, 0) is 25.7 Å². The SMILES string of the molecule is Cc1cc(OCC2CC2)co1. The first kappa shape index (κ1) is 6.77. The van der Waals surface area contributed by atoms with Crippen LogP contribution in [0.4, 0.5) is 0 Å². The Morgan fingerprint density at radius 1 is 1.64 bits per heavy atom. The van der Waals surface area contributed by atoms with Crippen molar-refractivity contribution in [3.8, 4) is 5.75 Å². The molecule has 0 aromatic carbocycles. The third-order valence-corrected chi connectivity index (χ3v) is 1.89. The number of hydrogen-bond acceptors (Lipinski definition) is 2. The molecular weight excluding hydrogens is 140 g/mol. The van der Waals surface area contributed by atoms with Crippen LogP contribution in [0.2, 0.25) is 0 Å². The maximum absolute atomic E-state index is 5.46. The molecule has 2 heteroatoms. The maximum atomic E-state index is 5.46. The normalized spacial score (nSPS) is 16.8. The highest BCUT2D eigenvalue weighted by Gasteiger charge is 2.21. The van der Waals surface area contributed by atoms with E-state index in [9.17, 15) is 0 Å². The lowest BCUT2D eigenvalue weighted by Crippen LogP contribution is -1.97. The van der Waals surface area contributed by atoms with Gasteiger partial charge in [-0.3, -0.25) is 0 Å². The van der Waals surface area contributed by atoms with Crippen LogP contribution in [-0.4, -0.2) is 6.61 Å². The lowest BCUT2D eigenvalue weighted by atomic mass is 10.4. The van der Waals surface area contributed by atoms with Gasteiger partial charge in [0.2, 0.25) is 0 Å². The second-order valence-electron chi connectivity index (χ2n) is 3.15. The summed E-state index contributed by atoms with van der Waals surface area (Å²) in [7, 11) is 0. The van der Waals surface area contributed by atoms with Crippen LogP contribution in [0.3, 0.4) is 0 Å². The Bertz CT molecular complexity index is 235. The average Bonchev–Trinajstić information content (AvgIpc) is 2.72. The van der Waals surface area contributed by atoms with E-state index in [-0.39, 0.29) is 0 Å². The number of rotatable bonds is 3. The standard InChI is InChI=1S/C9H12O2/c1-7-4-9(6-10-7)11-5-8-2-3-8/h4,6,8H,2-3,5H2,1H3. The molecule has 0 spiro atoms. The summed E-state index contributed by atoms with van der Waals surface area (Å²) < 4.78 is 10.5. The van der Waals surface area contributed by atoms with Gasteiger partial charge in [-0.15, -0.1) is 0 Å². The topological polar surface area (TPSA) is 22.4 Å². The maximum Gasteiger partial charge on any atom is 0.157 e. The van der Waals surface area contributed by atoms with E-state index in [0.29, 0.717) is 0 Å². The highest BCUT2D eigenvalue weighted by Crippen LogP contribution is 2.29. The van der Waals surface area contributed by atoms with Crippen molar-refractivity contribution in [2.24, 2.45) is 5.92 Å². The third kappa shape index (κ3) is 1.76. The molecule has 1 fully saturated rings. The molecule has 1 heterocycles. The fourth-order valence-corrected chi connectivity index (χ4v) is 0.994. The van der Waals surface area contributed by atoms with E-state index < -0.39 is 0 Å². The zero-order valence-corrected chi connectivity index (χ0v) is 6.67. The molecule has 0 unspecified atom stereocenters. The fourth-order valence-electron chi connectivity index (χ4n) is 0.994. The minimum atomic E-state index is 0.810. The van der Waals surface area contributed by atoms with Crippen LogP contribution in [0, 0.1) is 12.8 Å². The molecule has 1 aliphatic carbocycles. The number of ether oxygens (including phenoxy) is 1. The van der Waals surface area contributed by atoms with Crippen LogP contribution < -0.4 is 4.74 Å². The molecular formula is C9H12O2. The van der Waals surface area contributed by atoms with E-state index in [1.807, 2.05) is 13.0 Å². The van der Waals surface area contributed by atoms with Crippen LogP contribution in [0.25, 0.3) is 0 Å². The van der Waals surface area contributed by atoms with Crippen LogP contribution in [0.1, 0.15) is 18.6 Å². The van der Waals surface area contributed by atoms with Crippen LogP contribution in [0.15, 0.2) is 16.7 Å². The zero-order chi connectivity index (χ0) is 7.68. The van der Waals surface area contributed by atoms with Crippen LogP contribution >= 0.6 is 0 Å². The molecule has 0 atom stereocenters. The van der Waals surface area contributed by atoms with E-state index in [1.54, 1.807) is 6.26 Å². The second kappa shape index (κ2) is 2.61. The number of aryl methyl sites for hydroxylation is 1. The summed E-state index contributed by atoms with van der Waals surface area (Å²) in [6.07, 6.45) is 4.32. The van der Waals surface area contributed by atoms with E-state index in [1.165, 1.54) is 12.8 Å². The Morgan fingerprint density at radius 3 is 3.00 bits per heavy atom. The Hall–Kier alpha value is -0.920. The van der Waals surface area contributed by atoms with Crippen LogP contribution in [0.5, 0.6) is 5.75 Å². The van der Waals surface area contributed by atoms with Gasteiger partial charge in [0.15, 0.2) is 5.75 Å². The second-order valence-corrected chi connectivity index (χ2v) is 3.15. The monoisotopic (exact) mass is 152 g/mol. The zero-order valence-electron chi connectivity index (χ0n) is 6.67. The van der Waals surface area contributed by atoms with Gasteiger partial charge in [-0.1, -0.05) is 0 Å². The first-order valence-corrected chi connectivity index (χ1v) is 4.02. The Labute approximate surface area is 66.2 Å². The predicted molar refractivity (Wildman–Crippen MR) is 41.7 cm³/mol. The minimum Gasteiger partial charge on any atom is -0.490 e. The summed E-state index contributed by atoms with van der Waals surface area (Å²) in [5.74, 6) is 2.59. The van der Waals surface area contributed by atoms with Gasteiger partial charge in [0.1, 0.15) is 12.0 Å². The number of furan rings is 1. The lowest BCUT2D eigenvalue weighted by Gasteiger charge is -1.98. The number of hydrogen-bond donors (Lipinski definition) is 0. The Kier molecular flexibility index (Phi) is 1.60. The summed E-state index contributed by atoms with van der Waals surface area (Å²) in [4.78, 5) is 0. The molecule has 1 aromatic rings. The van der Waals surface area contributed by atoms with Gasteiger partial charge in [0.25, 0.3) is 0 Å². The summed E-state index contributed by atoms with van der Waals surface area (Å²) >= 11 is 0. The average molecular weight is 152 g/mol. The Morgan fingerprint density at radius 2 is 2.45 bits per heavy atom. The first-order chi connectivity index (χ1) is 5.34. The van der Waals surface area contributed by atoms with Crippen LogP contribution in [-0.2, 0) is 0 Å². The van der Waals surface area contributed by atoms with Gasteiger partial charge in [-0.25, -0.2) is 0 Å². The Balaban J connectivity index is 1.85. The largest absolute Gasteiger partial charge is 0.490 e. The summed E-state index contributed by atoms with van der Waals surface area (Å²) in [6.45, 7) is 2.78. The van der Waals surface area contributed by atoms with Gasteiger partial charge in [0.05, 0.1) is 6.61 Å². The molecule has 0 N–H and O–H groups in total. The summed E-state index contributed by atoms with van der Waals surface area (Å²) in [5.41, 5.74) is 0. The molecule has 0 saturated heterocycles. The molecule has 11 heavy (non-hydrogen) atoms. The third-order valence-electron chi connectivity index (χ3n) is 1.89. The molecule has 1 aliphatic rings. The van der Waals surface area contributed by atoms with Gasteiger partial charge < -0.3 is 9.15 Å². The van der Waals surface area contributed by atoms with Crippen molar-refractivity contribution in [3.63, 3.8) is 0 Å². The first-order valence-electron chi connectivity index (χ1n) is 4.02. The quantitative estimate of drug-likeness (QED) is 0.663. The van der Waals surface area contributed by atoms with Crippen molar-refractivity contribution in [3.05, 3.63) is 18.1 Å². The highest BCUT2D eigenvalue weighted by atomic mass is 16.5. The summed E-state index contributed by atoms with van der Waals surface area (Å²) in [6, 6.07) is 1.92. The molecule has 2 rings (SSSR count). The molecule has 0 bridgehead atoms. The fraction of sp³-hybridized carbons (Fsp3) is 0.556. The van der Waals surface area contributed by atoms with Gasteiger partial charge >= 0.3 is 0 Å². The van der Waals surface area contributed by atoms with E-state index in [0.717, 1.165) is 24.0 Å². The van der Waals surface area contributed by atoms with Crippen molar-refractivity contribution in [2.75, 3.05) is 6.61 Å². The molecule has 0 aliphatic heterocycles. The van der Waals surface area contributed by atoms with Crippen molar-refractivity contribution in [1.29, 1.82) is 0 Å². The molecule has 1 aromatic heterocycles. The summed E-state index contributed by atoms with van der Waals surface area (Å²) in [5, 5.41) is 0. The van der Waals surface area contributed by atoms with Crippen molar-refractivity contribution < 1.29 is 9.15 Å². The molecule has 0 radical (unpaired) electrons. The highest BCUT2D eigenvalue weighted by molar-refractivity contribution is 5.18. The molecule has 2 nitrogen and oxygen atoms in total. The van der Waals surface area contributed by atoms with Gasteiger partial charge in [0, 0.05) is 6.07 Å². The van der Waals surface area contributed by atoms with Crippen molar-refractivity contribution in [1.82, 2.24) is 0 Å². The predicted octanol–water partition coefficient (Wildman–Crippen LogP) is 2.38. The minimum absolute atomic E-state index is 0.810. The molecule has 1 saturated carbocycles. The van der Waals surface area contributed by atoms with E-state index in [4.69, 9.17) is 9.15 Å². The molecule has 0 amide bonds. The van der Waals surface area contributed by atoms with E-state index >= 15 is 0 Å². The smallest absolute Gasteiger partial charge is 0.157 e.